The van der Waals surface area contributed by atoms with E-state index in [-0.39, 0.29) is 5.57 Å². The van der Waals surface area contributed by atoms with E-state index in [1.54, 1.807) is 0 Å². The number of hydrogen-bond acceptors (Lipinski definition) is 2. The molecule has 2 nitrogen and oxygen atoms in total. The van der Waals surface area contributed by atoms with Gasteiger partial charge in [-0.25, -0.2) is 13.6 Å². The molecule has 0 aliphatic carbocycles. The summed E-state index contributed by atoms with van der Waals surface area (Å²) >= 11 is 0. The van der Waals surface area contributed by atoms with Crippen molar-refractivity contribution in [2.75, 3.05) is 13.3 Å². The fraction of sp³-hybridized carbons (Fsp3) is 0.667. The van der Waals surface area contributed by atoms with E-state index in [1.165, 1.54) is 6.92 Å². The summed E-state index contributed by atoms with van der Waals surface area (Å²) in [6.07, 6.45) is -4.43. The lowest BCUT2D eigenvalue weighted by Crippen LogP contribution is -2.25. The van der Waals surface area contributed by atoms with Gasteiger partial charge in [0.1, 0.15) is 12.8 Å². The molecule has 0 aliphatic heterocycles. The van der Waals surface area contributed by atoms with Crippen LogP contribution >= 0.6 is 0 Å². The van der Waals surface area contributed by atoms with Crippen LogP contribution in [-0.4, -0.2) is 31.6 Å². The SMILES string of the molecule is C=C(C)C(=O)OCC(F)C(F)CCF. The second-order valence-electron chi connectivity index (χ2n) is 2.89. The first kappa shape index (κ1) is 13.0. The van der Waals surface area contributed by atoms with Crippen LogP contribution in [0.5, 0.6) is 0 Å². The average molecular weight is 210 g/mol. The Balaban J connectivity index is 3.78. The molecule has 0 fully saturated rings. The fourth-order valence-electron chi connectivity index (χ4n) is 0.668. The molecule has 82 valence electrons. The van der Waals surface area contributed by atoms with Crippen LogP contribution in [0.1, 0.15) is 13.3 Å². The number of carbonyl (C=O) groups excluding carboxylic acids is 1. The van der Waals surface area contributed by atoms with E-state index < -0.39 is 38.0 Å². The summed E-state index contributed by atoms with van der Waals surface area (Å²) in [5.41, 5.74) is 0.109. The van der Waals surface area contributed by atoms with Gasteiger partial charge in [-0.05, 0) is 6.92 Å². The predicted molar refractivity (Wildman–Crippen MR) is 46.2 cm³/mol. The lowest BCUT2D eigenvalue weighted by atomic mass is 10.2. The second-order valence-corrected chi connectivity index (χ2v) is 2.89. The van der Waals surface area contributed by atoms with Crippen molar-refractivity contribution in [2.24, 2.45) is 0 Å². The number of esters is 1. The summed E-state index contributed by atoms with van der Waals surface area (Å²) in [6, 6.07) is 0. The molecular formula is C9H13F3O2. The van der Waals surface area contributed by atoms with Crippen molar-refractivity contribution in [2.45, 2.75) is 25.7 Å². The lowest BCUT2D eigenvalue weighted by molar-refractivity contribution is -0.141. The van der Waals surface area contributed by atoms with E-state index in [0.29, 0.717) is 0 Å². The number of halogens is 3. The molecule has 0 radical (unpaired) electrons. The van der Waals surface area contributed by atoms with Crippen LogP contribution < -0.4 is 0 Å². The topological polar surface area (TPSA) is 26.3 Å². The molecule has 0 aromatic heterocycles. The first-order valence-electron chi connectivity index (χ1n) is 4.15. The quantitative estimate of drug-likeness (QED) is 0.496. The van der Waals surface area contributed by atoms with Crippen LogP contribution in [0.4, 0.5) is 13.2 Å². The lowest BCUT2D eigenvalue weighted by Gasteiger charge is -2.12. The van der Waals surface area contributed by atoms with Gasteiger partial charge >= 0.3 is 5.97 Å². The van der Waals surface area contributed by atoms with Crippen molar-refractivity contribution in [1.29, 1.82) is 0 Å². The van der Waals surface area contributed by atoms with E-state index in [0.717, 1.165) is 0 Å². The highest BCUT2D eigenvalue weighted by Crippen LogP contribution is 2.09. The highest BCUT2D eigenvalue weighted by molar-refractivity contribution is 5.86. The average Bonchev–Trinajstić information content (AvgIpc) is 2.13. The highest BCUT2D eigenvalue weighted by atomic mass is 19.2. The van der Waals surface area contributed by atoms with Gasteiger partial charge in [-0.1, -0.05) is 6.58 Å². The molecule has 0 spiro atoms. The van der Waals surface area contributed by atoms with Gasteiger partial charge in [0, 0.05) is 12.0 Å². The van der Waals surface area contributed by atoms with Crippen molar-refractivity contribution in [3.63, 3.8) is 0 Å². The first-order chi connectivity index (χ1) is 6.49. The van der Waals surface area contributed by atoms with E-state index in [4.69, 9.17) is 0 Å². The summed E-state index contributed by atoms with van der Waals surface area (Å²) < 4.78 is 41.3. The molecule has 0 aliphatic rings. The Kier molecular flexibility index (Phi) is 5.99. The molecule has 14 heavy (non-hydrogen) atoms. The van der Waals surface area contributed by atoms with Crippen molar-refractivity contribution in [3.05, 3.63) is 12.2 Å². The number of hydrogen-bond donors (Lipinski definition) is 0. The van der Waals surface area contributed by atoms with Gasteiger partial charge in [-0.3, -0.25) is 4.39 Å². The molecule has 0 rings (SSSR count). The molecular weight excluding hydrogens is 197 g/mol. The van der Waals surface area contributed by atoms with Crippen LogP contribution in [0.3, 0.4) is 0 Å². The third-order valence-corrected chi connectivity index (χ3v) is 1.50. The minimum Gasteiger partial charge on any atom is -0.459 e. The number of rotatable bonds is 6. The summed E-state index contributed by atoms with van der Waals surface area (Å²) in [6.45, 7) is 3.02. The summed E-state index contributed by atoms with van der Waals surface area (Å²) in [5.74, 6) is -0.778. The van der Waals surface area contributed by atoms with Crippen LogP contribution in [0, 0.1) is 0 Å². The van der Waals surface area contributed by atoms with Crippen LogP contribution in [0.25, 0.3) is 0 Å². The third kappa shape index (κ3) is 4.89. The fourth-order valence-corrected chi connectivity index (χ4v) is 0.668. The molecule has 0 saturated carbocycles. The second kappa shape index (κ2) is 6.45. The van der Waals surface area contributed by atoms with Gasteiger partial charge in [0.05, 0.1) is 6.67 Å². The number of ether oxygens (including phenoxy) is 1. The van der Waals surface area contributed by atoms with Crippen molar-refractivity contribution < 1.29 is 22.7 Å². The Hall–Kier alpha value is -1.00. The number of carbonyl (C=O) groups is 1. The maximum absolute atomic E-state index is 12.8. The van der Waals surface area contributed by atoms with Gasteiger partial charge in [0.25, 0.3) is 0 Å². The predicted octanol–water partition coefficient (Wildman–Crippen LogP) is 2.14. The monoisotopic (exact) mass is 210 g/mol. The minimum absolute atomic E-state index is 0.109. The van der Waals surface area contributed by atoms with E-state index in [9.17, 15) is 18.0 Å². The zero-order valence-corrected chi connectivity index (χ0v) is 7.93. The molecule has 5 heteroatoms. The van der Waals surface area contributed by atoms with E-state index >= 15 is 0 Å². The maximum atomic E-state index is 12.8. The third-order valence-electron chi connectivity index (χ3n) is 1.50. The molecule has 2 unspecified atom stereocenters. The van der Waals surface area contributed by atoms with Crippen molar-refractivity contribution in [1.82, 2.24) is 0 Å². The summed E-state index contributed by atoms with van der Waals surface area (Å²) in [4.78, 5) is 10.7. The van der Waals surface area contributed by atoms with Crippen molar-refractivity contribution >= 4 is 5.97 Å². The largest absolute Gasteiger partial charge is 0.459 e. The Morgan fingerprint density at radius 2 is 2.00 bits per heavy atom. The van der Waals surface area contributed by atoms with Gasteiger partial charge in [-0.15, -0.1) is 0 Å². The molecule has 0 aromatic rings. The van der Waals surface area contributed by atoms with Crippen LogP contribution in [0.2, 0.25) is 0 Å². The molecule has 2 atom stereocenters. The van der Waals surface area contributed by atoms with Crippen LogP contribution in [0.15, 0.2) is 12.2 Å². The maximum Gasteiger partial charge on any atom is 0.333 e. The summed E-state index contributed by atoms with van der Waals surface area (Å²) in [7, 11) is 0. The normalized spacial score (nSPS) is 14.6. The van der Waals surface area contributed by atoms with E-state index in [2.05, 4.69) is 11.3 Å². The zero-order valence-electron chi connectivity index (χ0n) is 7.93. The van der Waals surface area contributed by atoms with Gasteiger partial charge in [0.2, 0.25) is 0 Å². The van der Waals surface area contributed by atoms with E-state index in [1.807, 2.05) is 0 Å². The smallest absolute Gasteiger partial charge is 0.333 e. The minimum atomic E-state index is -1.98. The highest BCUT2D eigenvalue weighted by Gasteiger charge is 2.21. The Bertz CT molecular complexity index is 206. The molecule has 0 amide bonds. The molecule has 0 aromatic carbocycles. The molecule has 0 bridgehead atoms. The molecule has 0 saturated heterocycles. The van der Waals surface area contributed by atoms with Gasteiger partial charge < -0.3 is 4.74 Å². The first-order valence-corrected chi connectivity index (χ1v) is 4.15. The van der Waals surface area contributed by atoms with Gasteiger partial charge in [0.15, 0.2) is 6.17 Å². The Morgan fingerprint density at radius 3 is 2.43 bits per heavy atom. The van der Waals surface area contributed by atoms with Crippen LogP contribution in [-0.2, 0) is 9.53 Å². The Morgan fingerprint density at radius 1 is 1.43 bits per heavy atom. The molecule has 0 heterocycles. The van der Waals surface area contributed by atoms with Crippen molar-refractivity contribution in [3.8, 4) is 0 Å². The molecule has 0 N–H and O–H groups in total. The standard InChI is InChI=1S/C9H13F3O2/c1-6(2)9(13)14-5-8(12)7(11)3-4-10/h7-8H,1,3-5H2,2H3. The number of alkyl halides is 3. The van der Waals surface area contributed by atoms with Gasteiger partial charge in [-0.2, -0.15) is 0 Å². The zero-order chi connectivity index (χ0) is 11.1. The summed E-state index contributed by atoms with van der Waals surface area (Å²) in [5, 5.41) is 0. The Labute approximate surface area is 80.7 Å².